The summed E-state index contributed by atoms with van der Waals surface area (Å²) in [6.07, 6.45) is -0.357. The van der Waals surface area contributed by atoms with E-state index in [2.05, 4.69) is 19.1 Å². The topological polar surface area (TPSA) is 20.2 Å². The van der Waals surface area contributed by atoms with Crippen LogP contribution in [-0.2, 0) is 0 Å². The van der Waals surface area contributed by atoms with Gasteiger partial charge in [-0.05, 0) is 30.0 Å². The monoisotopic (exact) mass is 250 g/mol. The Bertz CT molecular complexity index is 437. The Kier molecular flexibility index (Phi) is 4.04. The first-order valence-corrected chi connectivity index (χ1v) is 7.04. The van der Waals surface area contributed by atoms with Gasteiger partial charge in [0.15, 0.2) is 0 Å². The third-order valence-corrected chi connectivity index (χ3v) is 4.59. The zero-order valence-corrected chi connectivity index (χ0v) is 10.7. The summed E-state index contributed by atoms with van der Waals surface area (Å²) < 4.78 is 0. The molecule has 1 nitrogen and oxygen atoms in total. The van der Waals surface area contributed by atoms with Crippen molar-refractivity contribution in [1.82, 2.24) is 0 Å². The maximum atomic E-state index is 9.95. The number of rotatable bonds is 4. The van der Waals surface area contributed by atoms with Crippen LogP contribution in [0, 0.1) is 6.92 Å². The average molecular weight is 250 g/mol. The van der Waals surface area contributed by atoms with Crippen molar-refractivity contribution < 1.29 is 5.11 Å². The van der Waals surface area contributed by atoms with Gasteiger partial charge in [-0.1, -0.05) is 24.3 Å². The summed E-state index contributed by atoms with van der Waals surface area (Å²) in [5.74, 6) is 0.714. The molecule has 0 aliphatic rings. The van der Waals surface area contributed by atoms with Gasteiger partial charge in [0.2, 0.25) is 0 Å². The fraction of sp³-hybridized carbons (Fsp3) is 0.231. The molecule has 84 valence electrons. The minimum atomic E-state index is -0.357. The minimum Gasteiger partial charge on any atom is -0.387 e. The molecule has 0 spiro atoms. The van der Waals surface area contributed by atoms with Crippen molar-refractivity contribution in [1.29, 1.82) is 0 Å². The number of hydrogen-bond acceptors (Lipinski definition) is 3. The number of aryl methyl sites for hydroxylation is 1. The van der Waals surface area contributed by atoms with Crippen LogP contribution in [0.4, 0.5) is 0 Å². The first kappa shape index (κ1) is 11.7. The fourth-order valence-electron chi connectivity index (χ4n) is 1.45. The van der Waals surface area contributed by atoms with Crippen molar-refractivity contribution in [3.8, 4) is 0 Å². The van der Waals surface area contributed by atoms with E-state index in [1.807, 2.05) is 29.6 Å². The van der Waals surface area contributed by atoms with Gasteiger partial charge in [-0.15, -0.1) is 23.1 Å². The molecule has 0 aliphatic carbocycles. The summed E-state index contributed by atoms with van der Waals surface area (Å²) in [5, 5.41) is 11.9. The third-order valence-electron chi connectivity index (χ3n) is 2.36. The maximum Gasteiger partial charge on any atom is 0.0975 e. The molecular weight excluding hydrogens is 236 g/mol. The lowest BCUT2D eigenvalue weighted by Crippen LogP contribution is -1.97. The highest BCUT2D eigenvalue weighted by Crippen LogP contribution is 2.28. The smallest absolute Gasteiger partial charge is 0.0975 e. The van der Waals surface area contributed by atoms with E-state index < -0.39 is 0 Å². The number of benzene rings is 1. The van der Waals surface area contributed by atoms with Gasteiger partial charge in [-0.3, -0.25) is 0 Å². The second-order valence-electron chi connectivity index (χ2n) is 3.61. The molecule has 0 saturated heterocycles. The van der Waals surface area contributed by atoms with Crippen LogP contribution in [0.2, 0.25) is 0 Å². The summed E-state index contributed by atoms with van der Waals surface area (Å²) in [6.45, 7) is 2.10. The normalized spacial score (nSPS) is 12.6. The van der Waals surface area contributed by atoms with Gasteiger partial charge in [0.1, 0.15) is 0 Å². The van der Waals surface area contributed by atoms with Crippen LogP contribution in [0.15, 0.2) is 46.7 Å². The Hall–Kier alpha value is -0.770. The molecule has 0 aliphatic heterocycles. The highest BCUT2D eigenvalue weighted by molar-refractivity contribution is 7.99. The van der Waals surface area contributed by atoms with E-state index in [0.29, 0.717) is 5.75 Å². The summed E-state index contributed by atoms with van der Waals surface area (Å²) in [7, 11) is 0. The molecular formula is C13H14OS2. The molecule has 0 radical (unpaired) electrons. The Balaban J connectivity index is 1.95. The first-order chi connectivity index (χ1) is 7.77. The molecule has 0 fully saturated rings. The lowest BCUT2D eigenvalue weighted by Gasteiger charge is -2.09. The van der Waals surface area contributed by atoms with Crippen molar-refractivity contribution in [2.24, 2.45) is 0 Å². The second kappa shape index (κ2) is 5.53. The third kappa shape index (κ3) is 2.88. The Morgan fingerprint density at radius 1 is 1.25 bits per heavy atom. The zero-order valence-electron chi connectivity index (χ0n) is 9.09. The number of aliphatic hydroxyl groups is 1. The van der Waals surface area contributed by atoms with Crippen LogP contribution in [-0.4, -0.2) is 10.9 Å². The van der Waals surface area contributed by atoms with Gasteiger partial charge >= 0.3 is 0 Å². The van der Waals surface area contributed by atoms with Crippen molar-refractivity contribution in [2.75, 3.05) is 5.75 Å². The maximum absolute atomic E-state index is 9.95. The lowest BCUT2D eigenvalue weighted by atomic mass is 10.2. The molecule has 0 amide bonds. The predicted molar refractivity (Wildman–Crippen MR) is 71.2 cm³/mol. The number of aliphatic hydroxyl groups excluding tert-OH is 1. The van der Waals surface area contributed by atoms with Crippen molar-refractivity contribution in [3.63, 3.8) is 0 Å². The van der Waals surface area contributed by atoms with Gasteiger partial charge < -0.3 is 5.11 Å². The average Bonchev–Trinajstić information content (AvgIpc) is 2.81. The van der Waals surface area contributed by atoms with Gasteiger partial charge in [0, 0.05) is 15.5 Å². The summed E-state index contributed by atoms with van der Waals surface area (Å²) in [5.41, 5.74) is 1.27. The Labute approximate surface area is 104 Å². The molecule has 1 unspecified atom stereocenters. The van der Waals surface area contributed by atoms with E-state index in [1.165, 1.54) is 10.5 Å². The van der Waals surface area contributed by atoms with Gasteiger partial charge in [0.05, 0.1) is 6.10 Å². The lowest BCUT2D eigenvalue weighted by molar-refractivity contribution is 0.208. The SMILES string of the molecule is Cc1ccccc1SCC(O)c1cccs1. The van der Waals surface area contributed by atoms with Gasteiger partial charge in [0.25, 0.3) is 0 Å². The fourth-order valence-corrected chi connectivity index (χ4v) is 3.25. The minimum absolute atomic E-state index is 0.357. The van der Waals surface area contributed by atoms with E-state index in [4.69, 9.17) is 0 Å². The highest BCUT2D eigenvalue weighted by Gasteiger charge is 2.09. The molecule has 16 heavy (non-hydrogen) atoms. The molecule has 3 heteroatoms. The zero-order chi connectivity index (χ0) is 11.4. The summed E-state index contributed by atoms with van der Waals surface area (Å²) >= 11 is 3.32. The molecule has 1 aromatic heterocycles. The number of hydrogen-bond donors (Lipinski definition) is 1. The van der Waals surface area contributed by atoms with E-state index in [9.17, 15) is 5.11 Å². The molecule has 1 aromatic carbocycles. The van der Waals surface area contributed by atoms with Crippen LogP contribution in [0.1, 0.15) is 16.5 Å². The summed E-state index contributed by atoms with van der Waals surface area (Å²) in [6, 6.07) is 12.2. The molecule has 2 rings (SSSR count). The first-order valence-electron chi connectivity index (χ1n) is 5.17. The van der Waals surface area contributed by atoms with Crippen LogP contribution in [0.25, 0.3) is 0 Å². The molecule has 1 N–H and O–H groups in total. The molecule has 1 heterocycles. The van der Waals surface area contributed by atoms with Crippen LogP contribution < -0.4 is 0 Å². The van der Waals surface area contributed by atoms with Crippen molar-refractivity contribution in [3.05, 3.63) is 52.2 Å². The number of thiophene rings is 1. The number of thioether (sulfide) groups is 1. The Morgan fingerprint density at radius 3 is 2.75 bits per heavy atom. The largest absolute Gasteiger partial charge is 0.387 e. The molecule has 2 aromatic rings. The van der Waals surface area contributed by atoms with E-state index in [1.54, 1.807) is 23.1 Å². The van der Waals surface area contributed by atoms with Crippen LogP contribution in [0.3, 0.4) is 0 Å². The van der Waals surface area contributed by atoms with E-state index in [0.717, 1.165) is 4.88 Å². The summed E-state index contributed by atoms with van der Waals surface area (Å²) in [4.78, 5) is 2.29. The molecule has 0 saturated carbocycles. The van der Waals surface area contributed by atoms with Gasteiger partial charge in [-0.25, -0.2) is 0 Å². The highest BCUT2D eigenvalue weighted by atomic mass is 32.2. The van der Waals surface area contributed by atoms with Crippen molar-refractivity contribution >= 4 is 23.1 Å². The van der Waals surface area contributed by atoms with Crippen molar-refractivity contribution in [2.45, 2.75) is 17.9 Å². The molecule has 0 bridgehead atoms. The quantitative estimate of drug-likeness (QED) is 0.831. The van der Waals surface area contributed by atoms with E-state index in [-0.39, 0.29) is 6.10 Å². The van der Waals surface area contributed by atoms with Gasteiger partial charge in [-0.2, -0.15) is 0 Å². The molecule has 1 atom stereocenters. The predicted octanol–water partition coefficient (Wildman–Crippen LogP) is 3.88. The Morgan fingerprint density at radius 2 is 2.06 bits per heavy atom. The van der Waals surface area contributed by atoms with Crippen LogP contribution >= 0.6 is 23.1 Å². The standard InChI is InChI=1S/C13H14OS2/c1-10-5-2-3-6-12(10)16-9-11(14)13-7-4-8-15-13/h2-8,11,14H,9H2,1H3. The second-order valence-corrected chi connectivity index (χ2v) is 5.65. The van der Waals surface area contributed by atoms with E-state index >= 15 is 0 Å². The van der Waals surface area contributed by atoms with Crippen LogP contribution in [0.5, 0.6) is 0 Å².